The smallest absolute Gasteiger partial charge is 0.242 e. The van der Waals surface area contributed by atoms with Gasteiger partial charge in [0.25, 0.3) is 0 Å². The molecule has 1 aromatic heterocycles. The van der Waals surface area contributed by atoms with E-state index in [4.69, 9.17) is 0 Å². The molecule has 1 aliphatic carbocycles. The lowest BCUT2D eigenvalue weighted by Crippen LogP contribution is -2.41. The first-order valence-electron chi connectivity index (χ1n) is 8.64. The van der Waals surface area contributed by atoms with Crippen molar-refractivity contribution in [2.24, 2.45) is 5.92 Å². The summed E-state index contributed by atoms with van der Waals surface area (Å²) in [5.74, 6) is 2.48. The van der Waals surface area contributed by atoms with Crippen LogP contribution in [0, 0.1) is 5.92 Å². The fourth-order valence-corrected chi connectivity index (χ4v) is 3.51. The molecule has 3 rings (SSSR count). The van der Waals surface area contributed by atoms with Crippen molar-refractivity contribution >= 4 is 17.5 Å². The monoisotopic (exact) mass is 317 g/mol. The van der Waals surface area contributed by atoms with E-state index in [0.29, 0.717) is 25.0 Å². The van der Waals surface area contributed by atoms with Crippen molar-refractivity contribution in [2.75, 3.05) is 30.4 Å². The standard InChI is InChI=1S/C17H27N5O/c1-12(2)8-18-16-14-9-22(13-6-4-5-7-13)15(23)10-21(3)17(14)20-11-19-16/h11-13H,4-10H2,1-3H3,(H,18,19,20). The highest BCUT2D eigenvalue weighted by molar-refractivity contribution is 5.84. The number of carbonyl (C=O) groups excluding carboxylic acids is 1. The first-order valence-corrected chi connectivity index (χ1v) is 8.64. The van der Waals surface area contributed by atoms with Crippen LogP contribution in [-0.4, -0.2) is 47.0 Å². The first-order chi connectivity index (χ1) is 11.1. The van der Waals surface area contributed by atoms with Gasteiger partial charge >= 0.3 is 0 Å². The summed E-state index contributed by atoms with van der Waals surface area (Å²) in [4.78, 5) is 25.6. The van der Waals surface area contributed by atoms with Crippen molar-refractivity contribution in [2.45, 2.75) is 52.1 Å². The summed E-state index contributed by atoms with van der Waals surface area (Å²) >= 11 is 0. The van der Waals surface area contributed by atoms with Gasteiger partial charge in [-0.1, -0.05) is 26.7 Å². The molecule has 1 fully saturated rings. The molecule has 2 heterocycles. The quantitative estimate of drug-likeness (QED) is 0.923. The summed E-state index contributed by atoms with van der Waals surface area (Å²) < 4.78 is 0. The van der Waals surface area contributed by atoms with E-state index in [2.05, 4.69) is 34.0 Å². The van der Waals surface area contributed by atoms with Gasteiger partial charge in [0.05, 0.1) is 18.7 Å². The highest BCUT2D eigenvalue weighted by Crippen LogP contribution is 2.32. The van der Waals surface area contributed by atoms with E-state index in [-0.39, 0.29) is 5.91 Å². The normalized spacial score (nSPS) is 19.2. The number of rotatable bonds is 4. The molecule has 0 unspecified atom stereocenters. The van der Waals surface area contributed by atoms with Crippen molar-refractivity contribution in [1.29, 1.82) is 0 Å². The van der Waals surface area contributed by atoms with Crippen LogP contribution in [0.4, 0.5) is 11.6 Å². The number of nitrogens with zero attached hydrogens (tertiary/aromatic N) is 4. The summed E-state index contributed by atoms with van der Waals surface area (Å²) in [5, 5.41) is 3.43. The molecule has 0 bridgehead atoms. The Kier molecular flexibility index (Phi) is 4.68. The molecule has 2 aliphatic rings. The Labute approximate surface area is 138 Å². The lowest BCUT2D eigenvalue weighted by molar-refractivity contribution is -0.132. The fourth-order valence-electron chi connectivity index (χ4n) is 3.51. The molecule has 126 valence electrons. The highest BCUT2D eigenvalue weighted by atomic mass is 16.2. The minimum atomic E-state index is 0.201. The average molecular weight is 317 g/mol. The molecule has 1 amide bonds. The lowest BCUT2D eigenvalue weighted by atomic mass is 10.1. The number of likely N-dealkylation sites (N-methyl/N-ethyl adjacent to an activating group) is 1. The third kappa shape index (κ3) is 3.41. The predicted molar refractivity (Wildman–Crippen MR) is 91.4 cm³/mol. The number of hydrogen-bond acceptors (Lipinski definition) is 5. The topological polar surface area (TPSA) is 61.4 Å². The van der Waals surface area contributed by atoms with E-state index in [1.807, 2.05) is 11.9 Å². The van der Waals surface area contributed by atoms with Gasteiger partial charge in [-0.2, -0.15) is 0 Å². The van der Waals surface area contributed by atoms with Crippen LogP contribution in [0.1, 0.15) is 45.1 Å². The average Bonchev–Trinajstić information content (AvgIpc) is 3.00. The van der Waals surface area contributed by atoms with E-state index < -0.39 is 0 Å². The second-order valence-corrected chi connectivity index (χ2v) is 7.12. The third-order valence-electron chi connectivity index (χ3n) is 4.75. The lowest BCUT2D eigenvalue weighted by Gasteiger charge is -2.28. The van der Waals surface area contributed by atoms with Gasteiger partial charge in [-0.15, -0.1) is 0 Å². The van der Waals surface area contributed by atoms with Gasteiger partial charge in [-0.05, 0) is 18.8 Å². The summed E-state index contributed by atoms with van der Waals surface area (Å²) in [6.07, 6.45) is 6.27. The van der Waals surface area contributed by atoms with Gasteiger partial charge in [0.2, 0.25) is 5.91 Å². The van der Waals surface area contributed by atoms with Gasteiger partial charge in [0.1, 0.15) is 18.0 Å². The molecule has 0 atom stereocenters. The molecular weight excluding hydrogens is 290 g/mol. The Balaban J connectivity index is 1.91. The second kappa shape index (κ2) is 6.72. The first kappa shape index (κ1) is 16.0. The molecule has 6 heteroatoms. The van der Waals surface area contributed by atoms with Crippen molar-refractivity contribution in [3.05, 3.63) is 11.9 Å². The van der Waals surface area contributed by atoms with Gasteiger partial charge in [-0.3, -0.25) is 4.79 Å². The van der Waals surface area contributed by atoms with Crippen molar-refractivity contribution in [1.82, 2.24) is 14.9 Å². The Morgan fingerprint density at radius 1 is 1.26 bits per heavy atom. The maximum absolute atomic E-state index is 12.7. The van der Waals surface area contributed by atoms with Crippen LogP contribution in [-0.2, 0) is 11.3 Å². The molecule has 1 aromatic rings. The molecule has 0 aromatic carbocycles. The molecule has 1 N–H and O–H groups in total. The van der Waals surface area contributed by atoms with Crippen LogP contribution in [0.25, 0.3) is 0 Å². The van der Waals surface area contributed by atoms with Crippen LogP contribution in [0.2, 0.25) is 0 Å². The maximum atomic E-state index is 12.7. The number of hydrogen-bond donors (Lipinski definition) is 1. The zero-order valence-electron chi connectivity index (χ0n) is 14.4. The van der Waals surface area contributed by atoms with Gasteiger partial charge in [0.15, 0.2) is 0 Å². The number of fused-ring (bicyclic) bond motifs is 1. The molecule has 6 nitrogen and oxygen atoms in total. The Bertz CT molecular complexity index is 568. The maximum Gasteiger partial charge on any atom is 0.242 e. The zero-order chi connectivity index (χ0) is 16.4. The number of carbonyl (C=O) groups is 1. The number of aromatic nitrogens is 2. The van der Waals surface area contributed by atoms with Crippen molar-refractivity contribution in [3.8, 4) is 0 Å². The zero-order valence-corrected chi connectivity index (χ0v) is 14.4. The van der Waals surface area contributed by atoms with Crippen LogP contribution >= 0.6 is 0 Å². The van der Waals surface area contributed by atoms with E-state index in [1.54, 1.807) is 6.33 Å². The third-order valence-corrected chi connectivity index (χ3v) is 4.75. The minimum Gasteiger partial charge on any atom is -0.369 e. The fraction of sp³-hybridized carbons (Fsp3) is 0.706. The summed E-state index contributed by atoms with van der Waals surface area (Å²) in [7, 11) is 1.94. The molecular formula is C17H27N5O. The van der Waals surface area contributed by atoms with E-state index in [1.165, 1.54) is 12.8 Å². The number of nitrogens with one attached hydrogen (secondary N) is 1. The molecule has 0 saturated heterocycles. The van der Waals surface area contributed by atoms with Crippen molar-refractivity contribution in [3.63, 3.8) is 0 Å². The number of amides is 1. The number of anilines is 2. The molecule has 0 spiro atoms. The summed E-state index contributed by atoms with van der Waals surface area (Å²) in [6, 6.07) is 0.375. The van der Waals surface area contributed by atoms with E-state index in [9.17, 15) is 4.79 Å². The van der Waals surface area contributed by atoms with Gasteiger partial charge in [-0.25, -0.2) is 9.97 Å². The largest absolute Gasteiger partial charge is 0.369 e. The highest BCUT2D eigenvalue weighted by Gasteiger charge is 2.32. The Morgan fingerprint density at radius 3 is 2.70 bits per heavy atom. The SMILES string of the molecule is CC(C)CNc1ncnc2c1CN(C1CCCC1)C(=O)CN2C. The Morgan fingerprint density at radius 2 is 2.00 bits per heavy atom. The minimum absolute atomic E-state index is 0.201. The predicted octanol–water partition coefficient (Wildman–Crippen LogP) is 2.27. The van der Waals surface area contributed by atoms with Crippen LogP contribution in [0.15, 0.2) is 6.33 Å². The van der Waals surface area contributed by atoms with Crippen LogP contribution < -0.4 is 10.2 Å². The van der Waals surface area contributed by atoms with E-state index >= 15 is 0 Å². The van der Waals surface area contributed by atoms with Gasteiger partial charge in [0, 0.05) is 19.6 Å². The van der Waals surface area contributed by atoms with Gasteiger partial charge < -0.3 is 15.1 Å². The molecule has 0 radical (unpaired) electrons. The van der Waals surface area contributed by atoms with Crippen LogP contribution in [0.3, 0.4) is 0 Å². The summed E-state index contributed by atoms with van der Waals surface area (Å²) in [5.41, 5.74) is 1.05. The van der Waals surface area contributed by atoms with Crippen molar-refractivity contribution < 1.29 is 4.79 Å². The van der Waals surface area contributed by atoms with Crippen LogP contribution in [0.5, 0.6) is 0 Å². The second-order valence-electron chi connectivity index (χ2n) is 7.12. The molecule has 1 aliphatic heterocycles. The molecule has 23 heavy (non-hydrogen) atoms. The van der Waals surface area contributed by atoms with E-state index in [0.717, 1.165) is 36.6 Å². The molecule has 1 saturated carbocycles. The Hall–Kier alpha value is -1.85. The summed E-state index contributed by atoms with van der Waals surface area (Å²) in [6.45, 7) is 6.22.